The van der Waals surface area contributed by atoms with E-state index >= 15 is 0 Å². The smallest absolute Gasteiger partial charge is 0.426 e. The molecule has 0 aromatic rings. The van der Waals surface area contributed by atoms with Gasteiger partial charge in [-0.3, -0.25) is 0 Å². The van der Waals surface area contributed by atoms with Crippen LogP contribution in [-0.4, -0.2) is 34.1 Å². The van der Waals surface area contributed by atoms with Gasteiger partial charge in [0.15, 0.2) is 0 Å². The summed E-state index contributed by atoms with van der Waals surface area (Å²) in [5.74, 6) is -1.23. The second kappa shape index (κ2) is 6.47. The van der Waals surface area contributed by atoms with Crippen LogP contribution in [0.1, 0.15) is 40.0 Å². The van der Waals surface area contributed by atoms with Crippen molar-refractivity contribution in [3.05, 3.63) is 11.6 Å². The van der Waals surface area contributed by atoms with Gasteiger partial charge < -0.3 is 10.2 Å². The van der Waals surface area contributed by atoms with E-state index in [9.17, 15) is 31.1 Å². The van der Waals surface area contributed by atoms with Crippen LogP contribution in [0.2, 0.25) is 0 Å². The van der Waals surface area contributed by atoms with Crippen LogP contribution in [-0.2, 0) is 4.79 Å². The number of carboxylic acid groups (broad SMARTS) is 1. The van der Waals surface area contributed by atoms with Crippen molar-refractivity contribution in [2.24, 2.45) is 5.41 Å². The van der Waals surface area contributed by atoms with Gasteiger partial charge in [-0.05, 0) is 31.6 Å². The van der Waals surface area contributed by atoms with Crippen molar-refractivity contribution >= 4 is 5.97 Å². The van der Waals surface area contributed by atoms with Crippen LogP contribution in [0.5, 0.6) is 0 Å². The number of hydrogen-bond donors (Lipinski definition) is 2. The van der Waals surface area contributed by atoms with Crippen molar-refractivity contribution < 1.29 is 41.4 Å². The van der Waals surface area contributed by atoms with Gasteiger partial charge in [-0.1, -0.05) is 19.9 Å². The molecule has 0 aromatic heterocycles. The third-order valence-electron chi connectivity index (χ3n) is 3.24. The first-order valence-corrected chi connectivity index (χ1v) is 6.32. The van der Waals surface area contributed by atoms with E-state index < -0.39 is 42.2 Å². The Morgan fingerprint density at radius 1 is 1.00 bits per heavy atom. The Kier molecular flexibility index (Phi) is 6.11. The lowest BCUT2D eigenvalue weighted by Gasteiger charge is -2.33. The molecule has 0 aliphatic rings. The Labute approximate surface area is 123 Å². The number of rotatable bonds is 6. The molecular weight excluding hydrogens is 318 g/mol. The normalized spacial score (nSPS) is 15.1. The van der Waals surface area contributed by atoms with E-state index in [2.05, 4.69) is 0 Å². The number of alkyl halides is 6. The van der Waals surface area contributed by atoms with Crippen LogP contribution in [0.25, 0.3) is 0 Å². The summed E-state index contributed by atoms with van der Waals surface area (Å²) < 4.78 is 74.9. The first-order valence-electron chi connectivity index (χ1n) is 6.32. The molecule has 22 heavy (non-hydrogen) atoms. The van der Waals surface area contributed by atoms with E-state index in [4.69, 9.17) is 10.2 Å². The Hall–Kier alpha value is -1.25. The maximum Gasteiger partial charge on any atom is 0.426 e. The van der Waals surface area contributed by atoms with Crippen LogP contribution < -0.4 is 0 Å². The Balaban J connectivity index is 5.00. The fraction of sp³-hybridized carbons (Fsp3) is 0.769. The minimum absolute atomic E-state index is 0.0631. The maximum atomic E-state index is 12.5. The van der Waals surface area contributed by atoms with Gasteiger partial charge in [0.25, 0.3) is 5.60 Å². The SMILES string of the molecule is C/C(=C\C(C)(C)CCCC(O)(C(F)(F)F)C(F)(F)F)C(=O)O. The Morgan fingerprint density at radius 2 is 1.41 bits per heavy atom. The van der Waals surface area contributed by atoms with E-state index in [0.717, 1.165) is 0 Å². The van der Waals surface area contributed by atoms with Crippen LogP contribution in [0.3, 0.4) is 0 Å². The van der Waals surface area contributed by atoms with Crippen LogP contribution in [0.15, 0.2) is 11.6 Å². The molecule has 0 heterocycles. The van der Waals surface area contributed by atoms with E-state index in [1.54, 1.807) is 0 Å². The van der Waals surface area contributed by atoms with Crippen molar-refractivity contribution in [1.29, 1.82) is 0 Å². The summed E-state index contributed by atoms with van der Waals surface area (Å²) in [6.07, 6.45) is -12.7. The predicted molar refractivity (Wildman–Crippen MR) is 66.1 cm³/mol. The van der Waals surface area contributed by atoms with Crippen molar-refractivity contribution in [3.63, 3.8) is 0 Å². The predicted octanol–water partition coefficient (Wildman–Crippen LogP) is 4.07. The van der Waals surface area contributed by atoms with E-state index in [1.165, 1.54) is 26.8 Å². The minimum Gasteiger partial charge on any atom is -0.478 e. The highest BCUT2D eigenvalue weighted by molar-refractivity contribution is 5.85. The van der Waals surface area contributed by atoms with E-state index in [0.29, 0.717) is 0 Å². The van der Waals surface area contributed by atoms with Crippen molar-refractivity contribution in [1.82, 2.24) is 0 Å². The van der Waals surface area contributed by atoms with E-state index in [-0.39, 0.29) is 12.0 Å². The zero-order valence-corrected chi connectivity index (χ0v) is 12.3. The monoisotopic (exact) mass is 336 g/mol. The number of aliphatic carboxylic acids is 1. The number of aliphatic hydroxyl groups is 1. The van der Waals surface area contributed by atoms with Gasteiger partial charge in [0.05, 0.1) is 0 Å². The molecule has 0 unspecified atom stereocenters. The lowest BCUT2D eigenvalue weighted by Crippen LogP contribution is -2.56. The molecule has 0 rings (SSSR count). The minimum atomic E-state index is -5.83. The lowest BCUT2D eigenvalue weighted by atomic mass is 9.83. The summed E-state index contributed by atoms with van der Waals surface area (Å²) >= 11 is 0. The van der Waals surface area contributed by atoms with Gasteiger partial charge in [-0.15, -0.1) is 0 Å². The third kappa shape index (κ3) is 5.19. The summed E-state index contributed by atoms with van der Waals surface area (Å²) in [6.45, 7) is 4.24. The van der Waals surface area contributed by atoms with Crippen molar-refractivity contribution in [2.45, 2.75) is 58.0 Å². The first-order chi connectivity index (χ1) is 9.53. The Morgan fingerprint density at radius 3 is 1.73 bits per heavy atom. The summed E-state index contributed by atoms with van der Waals surface area (Å²) in [6, 6.07) is 0. The van der Waals surface area contributed by atoms with Gasteiger partial charge >= 0.3 is 18.3 Å². The fourth-order valence-corrected chi connectivity index (χ4v) is 1.96. The third-order valence-corrected chi connectivity index (χ3v) is 3.24. The zero-order chi connectivity index (χ0) is 18.0. The lowest BCUT2D eigenvalue weighted by molar-refractivity contribution is -0.370. The molecule has 9 heteroatoms. The summed E-state index contributed by atoms with van der Waals surface area (Å²) in [7, 11) is 0. The van der Waals surface area contributed by atoms with E-state index in [1.807, 2.05) is 0 Å². The van der Waals surface area contributed by atoms with Gasteiger partial charge in [0, 0.05) is 5.57 Å². The molecule has 130 valence electrons. The average molecular weight is 336 g/mol. The number of halogens is 6. The standard InChI is InChI=1S/C13H18F6O3/c1-8(9(20)21)7-10(2,3)5-4-6-11(22,12(14,15)16)13(17,18)19/h7,22H,4-6H2,1-3H3,(H,20,21)/b8-7+. The maximum absolute atomic E-state index is 12.5. The number of allylic oxidation sites excluding steroid dienone is 1. The fourth-order valence-electron chi connectivity index (χ4n) is 1.96. The molecular formula is C13H18F6O3. The van der Waals surface area contributed by atoms with Crippen LogP contribution >= 0.6 is 0 Å². The first kappa shape index (κ1) is 20.8. The molecule has 0 saturated carbocycles. The molecule has 0 spiro atoms. The zero-order valence-electron chi connectivity index (χ0n) is 12.3. The van der Waals surface area contributed by atoms with Crippen molar-refractivity contribution in [3.8, 4) is 0 Å². The van der Waals surface area contributed by atoms with Crippen LogP contribution in [0.4, 0.5) is 26.3 Å². The molecule has 3 nitrogen and oxygen atoms in total. The van der Waals surface area contributed by atoms with Gasteiger partial charge in [0.1, 0.15) is 0 Å². The van der Waals surface area contributed by atoms with Crippen LogP contribution in [0, 0.1) is 5.41 Å². The summed E-state index contributed by atoms with van der Waals surface area (Å²) in [5, 5.41) is 17.7. The number of carbonyl (C=O) groups is 1. The molecule has 0 aliphatic heterocycles. The summed E-state index contributed by atoms with van der Waals surface area (Å²) in [5.41, 5.74) is -5.74. The molecule has 2 N–H and O–H groups in total. The highest BCUT2D eigenvalue weighted by Crippen LogP contribution is 2.46. The number of carboxylic acids is 1. The number of hydrogen-bond acceptors (Lipinski definition) is 2. The molecule has 0 saturated heterocycles. The molecule has 0 amide bonds. The molecule has 0 aliphatic carbocycles. The summed E-state index contributed by atoms with van der Waals surface area (Å²) in [4.78, 5) is 10.7. The molecule has 0 atom stereocenters. The Bertz CT molecular complexity index is 420. The van der Waals surface area contributed by atoms with Gasteiger partial charge in [-0.2, -0.15) is 26.3 Å². The molecule has 0 radical (unpaired) electrons. The quantitative estimate of drug-likeness (QED) is 0.568. The average Bonchev–Trinajstić information content (AvgIpc) is 2.24. The topological polar surface area (TPSA) is 57.5 Å². The highest BCUT2D eigenvalue weighted by Gasteiger charge is 2.69. The van der Waals surface area contributed by atoms with Crippen molar-refractivity contribution in [2.75, 3.05) is 0 Å². The van der Waals surface area contributed by atoms with Gasteiger partial charge in [-0.25, -0.2) is 4.79 Å². The molecule has 0 fully saturated rings. The second-order valence-corrected chi connectivity index (χ2v) is 5.83. The highest BCUT2D eigenvalue weighted by atomic mass is 19.4. The largest absolute Gasteiger partial charge is 0.478 e. The van der Waals surface area contributed by atoms with Gasteiger partial charge in [0.2, 0.25) is 0 Å². The molecule has 0 bridgehead atoms. The molecule has 0 aromatic carbocycles. The second-order valence-electron chi connectivity index (χ2n) is 5.83.